The first-order chi connectivity index (χ1) is 12.2. The summed E-state index contributed by atoms with van der Waals surface area (Å²) in [5, 5.41) is 8.67. The Labute approximate surface area is 157 Å². The Hall–Kier alpha value is -2.06. The molecule has 0 amide bonds. The minimum atomic E-state index is -0.215. The van der Waals surface area contributed by atoms with Crippen LogP contribution in [0.25, 0.3) is 0 Å². The Bertz CT molecular complexity index is 858. The first-order valence-electron chi connectivity index (χ1n) is 7.50. The molecule has 3 rings (SSSR count). The molecule has 0 fully saturated rings. The number of hydrogen-bond donors (Lipinski definition) is 1. The van der Waals surface area contributed by atoms with Gasteiger partial charge >= 0.3 is 0 Å². The van der Waals surface area contributed by atoms with Gasteiger partial charge in [-0.25, -0.2) is 9.07 Å². The minimum Gasteiger partial charge on any atom is -0.496 e. The molecule has 0 unspecified atom stereocenters. The number of thioether (sulfide) groups is 1. The molecule has 0 saturated heterocycles. The van der Waals surface area contributed by atoms with Crippen molar-refractivity contribution in [2.75, 3.05) is 12.5 Å². The third-order valence-corrected chi connectivity index (χ3v) is 5.00. The van der Waals surface area contributed by atoms with Gasteiger partial charge in [0.05, 0.1) is 13.7 Å². The zero-order chi connectivity index (χ0) is 17.6. The maximum atomic E-state index is 13.7. The summed E-state index contributed by atoms with van der Waals surface area (Å²) in [7, 11) is 1.64. The molecule has 1 aromatic heterocycles. The lowest BCUT2D eigenvalue weighted by atomic mass is 10.2. The van der Waals surface area contributed by atoms with E-state index in [1.54, 1.807) is 30.2 Å². The third-order valence-electron chi connectivity index (χ3n) is 3.51. The number of methoxy groups -OCH3 is 1. The lowest BCUT2D eigenvalue weighted by Crippen LogP contribution is -2.15. The Balaban J connectivity index is 1.66. The van der Waals surface area contributed by atoms with Crippen LogP contribution in [0.4, 0.5) is 4.39 Å². The number of ether oxygens (including phenoxy) is 1. The summed E-state index contributed by atoms with van der Waals surface area (Å²) in [6.45, 7) is 0.536. The summed E-state index contributed by atoms with van der Waals surface area (Å²) in [5.41, 5.74) is 4.87. The number of halogens is 2. The maximum Gasteiger partial charge on any atom is 0.210 e. The van der Waals surface area contributed by atoms with Crippen molar-refractivity contribution in [3.63, 3.8) is 0 Å². The fourth-order valence-corrected chi connectivity index (χ4v) is 3.53. The number of aromatic nitrogens is 3. The molecular weight excluding hydrogens is 407 g/mol. The van der Waals surface area contributed by atoms with Crippen LogP contribution in [-0.4, -0.2) is 22.0 Å². The number of rotatable bonds is 7. The van der Waals surface area contributed by atoms with Crippen molar-refractivity contribution < 1.29 is 9.13 Å². The van der Waals surface area contributed by atoms with Gasteiger partial charge in [-0.3, -0.25) is 0 Å². The van der Waals surface area contributed by atoms with Crippen LogP contribution >= 0.6 is 27.7 Å². The van der Waals surface area contributed by atoms with Crippen molar-refractivity contribution in [1.82, 2.24) is 14.9 Å². The highest BCUT2D eigenvalue weighted by Gasteiger charge is 2.09. The van der Waals surface area contributed by atoms with E-state index in [1.165, 1.54) is 17.8 Å². The molecule has 0 saturated carbocycles. The van der Waals surface area contributed by atoms with Crippen molar-refractivity contribution in [3.8, 4) is 5.75 Å². The van der Waals surface area contributed by atoms with E-state index in [1.807, 2.05) is 24.3 Å². The fraction of sp³-hybridized carbons (Fsp3) is 0.176. The number of hydrogen-bond acceptors (Lipinski definition) is 5. The largest absolute Gasteiger partial charge is 0.496 e. The Morgan fingerprint density at radius 2 is 2.08 bits per heavy atom. The summed E-state index contributed by atoms with van der Waals surface area (Å²) in [4.78, 5) is 0. The molecule has 0 radical (unpaired) electrons. The molecule has 0 aliphatic rings. The second-order valence-electron chi connectivity index (χ2n) is 5.15. The summed E-state index contributed by atoms with van der Waals surface area (Å²) in [6.07, 6.45) is 1.59. The van der Waals surface area contributed by atoms with Crippen LogP contribution in [-0.2, 0) is 12.3 Å². The average Bonchev–Trinajstić information content (AvgIpc) is 3.07. The van der Waals surface area contributed by atoms with Crippen molar-refractivity contribution in [2.24, 2.45) is 0 Å². The smallest absolute Gasteiger partial charge is 0.210 e. The van der Waals surface area contributed by atoms with Crippen LogP contribution < -0.4 is 10.2 Å². The van der Waals surface area contributed by atoms with Gasteiger partial charge in [0.2, 0.25) is 5.16 Å². The molecule has 5 nitrogen and oxygen atoms in total. The fourth-order valence-electron chi connectivity index (χ4n) is 2.24. The summed E-state index contributed by atoms with van der Waals surface area (Å²) in [5.74, 6) is 1.06. The van der Waals surface area contributed by atoms with Crippen molar-refractivity contribution in [1.29, 1.82) is 0 Å². The first kappa shape index (κ1) is 17.8. The molecule has 2 aromatic carbocycles. The predicted molar refractivity (Wildman–Crippen MR) is 99.7 cm³/mol. The monoisotopic (exact) mass is 422 g/mol. The molecule has 130 valence electrons. The standard InChI is InChI=1S/C17H16BrFN4OS/c1-24-16-7-6-14(18)8-13(16)9-21-23-11-20-22-17(23)25-10-12-4-2-3-5-15(12)19/h2-8,11,21H,9-10H2,1H3. The Kier molecular flexibility index (Phi) is 5.93. The van der Waals surface area contributed by atoms with Crippen molar-refractivity contribution in [2.45, 2.75) is 17.5 Å². The van der Waals surface area contributed by atoms with E-state index in [2.05, 4.69) is 31.6 Å². The van der Waals surface area contributed by atoms with Gasteiger partial charge in [-0.05, 0) is 29.8 Å². The van der Waals surface area contributed by atoms with E-state index in [-0.39, 0.29) is 5.82 Å². The summed E-state index contributed by atoms with van der Waals surface area (Å²) in [6, 6.07) is 12.5. The molecule has 3 aromatic rings. The molecule has 0 atom stereocenters. The van der Waals surface area contributed by atoms with Gasteiger partial charge in [0.15, 0.2) is 0 Å². The Morgan fingerprint density at radius 1 is 1.24 bits per heavy atom. The maximum absolute atomic E-state index is 13.7. The molecule has 1 N–H and O–H groups in total. The normalized spacial score (nSPS) is 10.7. The second-order valence-corrected chi connectivity index (χ2v) is 7.01. The highest BCUT2D eigenvalue weighted by atomic mass is 79.9. The van der Waals surface area contributed by atoms with E-state index in [0.717, 1.165) is 15.8 Å². The van der Waals surface area contributed by atoms with Crippen molar-refractivity contribution in [3.05, 3.63) is 70.2 Å². The molecule has 0 spiro atoms. The molecule has 25 heavy (non-hydrogen) atoms. The van der Waals surface area contributed by atoms with Crippen LogP contribution in [0.3, 0.4) is 0 Å². The number of nitrogens with one attached hydrogen (secondary N) is 1. The molecule has 0 aliphatic heterocycles. The van der Waals surface area contributed by atoms with Crippen LogP contribution in [0, 0.1) is 5.82 Å². The molecule has 1 heterocycles. The van der Waals surface area contributed by atoms with Gasteiger partial charge in [-0.1, -0.05) is 45.9 Å². The Morgan fingerprint density at radius 3 is 2.88 bits per heavy atom. The quantitative estimate of drug-likeness (QED) is 0.577. The molecule has 0 aliphatic carbocycles. The lowest BCUT2D eigenvalue weighted by Gasteiger charge is -2.12. The van der Waals surface area contributed by atoms with Crippen LogP contribution in [0.5, 0.6) is 5.75 Å². The minimum absolute atomic E-state index is 0.215. The molecule has 0 bridgehead atoms. The summed E-state index contributed by atoms with van der Waals surface area (Å²) >= 11 is 4.88. The topological polar surface area (TPSA) is 52.0 Å². The summed E-state index contributed by atoms with van der Waals surface area (Å²) < 4.78 is 21.8. The second kappa shape index (κ2) is 8.35. The first-order valence-corrected chi connectivity index (χ1v) is 9.27. The van der Waals surface area contributed by atoms with Gasteiger partial charge in [0.25, 0.3) is 0 Å². The highest BCUT2D eigenvalue weighted by molar-refractivity contribution is 9.10. The molecule has 8 heteroatoms. The zero-order valence-electron chi connectivity index (χ0n) is 13.4. The van der Waals surface area contributed by atoms with Crippen molar-refractivity contribution >= 4 is 27.7 Å². The van der Waals surface area contributed by atoms with E-state index in [9.17, 15) is 4.39 Å². The number of nitrogens with zero attached hydrogens (tertiary/aromatic N) is 3. The van der Waals surface area contributed by atoms with Crippen LogP contribution in [0.15, 0.2) is 58.4 Å². The van der Waals surface area contributed by atoms with E-state index in [4.69, 9.17) is 4.74 Å². The van der Waals surface area contributed by atoms with Gasteiger partial charge in [-0.15, -0.1) is 10.2 Å². The third kappa shape index (κ3) is 4.52. The zero-order valence-corrected chi connectivity index (χ0v) is 15.8. The molecular formula is C17H16BrFN4OS. The van der Waals surface area contributed by atoms with Crippen LogP contribution in [0.2, 0.25) is 0 Å². The van der Waals surface area contributed by atoms with E-state index >= 15 is 0 Å². The lowest BCUT2D eigenvalue weighted by molar-refractivity contribution is 0.409. The van der Waals surface area contributed by atoms with E-state index < -0.39 is 0 Å². The van der Waals surface area contributed by atoms with Gasteiger partial charge < -0.3 is 10.2 Å². The van der Waals surface area contributed by atoms with Gasteiger partial charge in [-0.2, -0.15) is 0 Å². The van der Waals surface area contributed by atoms with E-state index in [0.29, 0.717) is 23.0 Å². The SMILES string of the molecule is COc1ccc(Br)cc1CNn1cnnc1SCc1ccccc1F. The van der Waals surface area contributed by atoms with Crippen LogP contribution in [0.1, 0.15) is 11.1 Å². The highest BCUT2D eigenvalue weighted by Crippen LogP contribution is 2.24. The van der Waals surface area contributed by atoms with Gasteiger partial charge in [0, 0.05) is 15.8 Å². The van der Waals surface area contributed by atoms with Gasteiger partial charge in [0.1, 0.15) is 17.9 Å². The average molecular weight is 423 g/mol. The number of benzene rings is 2. The predicted octanol–water partition coefficient (Wildman–Crippen LogP) is 4.22.